The molecule has 0 bridgehead atoms. The number of nitrogens with zero attached hydrogens (tertiary/aromatic N) is 2. The Kier molecular flexibility index (Phi) is 5.29. The molecule has 0 aliphatic heterocycles. The van der Waals surface area contributed by atoms with Crippen molar-refractivity contribution in [3.05, 3.63) is 16.1 Å². The van der Waals surface area contributed by atoms with Gasteiger partial charge in [-0.2, -0.15) is 5.26 Å². The number of carbonyl (C=O) groups excluding carboxylic acids is 1. The third kappa shape index (κ3) is 3.30. The standard InChI is InChI=1S/C13H19N3OS/c1-4-13(5-2,9-14)12(17)15-7-6-11-8-18-10(3)16-11/h8H,4-7H2,1-3H3,(H,15,17). The summed E-state index contributed by atoms with van der Waals surface area (Å²) in [6, 6.07) is 2.14. The molecule has 0 aliphatic carbocycles. The Morgan fingerprint density at radius 3 is 2.67 bits per heavy atom. The van der Waals surface area contributed by atoms with Crippen LogP contribution in [-0.2, 0) is 11.2 Å². The van der Waals surface area contributed by atoms with Crippen LogP contribution in [0.2, 0.25) is 0 Å². The van der Waals surface area contributed by atoms with E-state index in [1.807, 2.05) is 26.2 Å². The maximum absolute atomic E-state index is 12.0. The van der Waals surface area contributed by atoms with Crippen LogP contribution in [0.4, 0.5) is 0 Å². The number of rotatable bonds is 6. The second kappa shape index (κ2) is 6.50. The monoisotopic (exact) mass is 265 g/mol. The Labute approximate surface area is 112 Å². The lowest BCUT2D eigenvalue weighted by molar-refractivity contribution is -0.128. The van der Waals surface area contributed by atoms with Crippen LogP contribution in [0.3, 0.4) is 0 Å². The smallest absolute Gasteiger partial charge is 0.240 e. The SMILES string of the molecule is CCC(C#N)(CC)C(=O)NCCc1csc(C)n1. The lowest BCUT2D eigenvalue weighted by Gasteiger charge is -2.21. The summed E-state index contributed by atoms with van der Waals surface area (Å²) in [5.74, 6) is -0.165. The highest BCUT2D eigenvalue weighted by molar-refractivity contribution is 7.09. The first-order valence-electron chi connectivity index (χ1n) is 6.18. The van der Waals surface area contributed by atoms with Gasteiger partial charge in [0.15, 0.2) is 0 Å². The van der Waals surface area contributed by atoms with E-state index >= 15 is 0 Å². The number of aryl methyl sites for hydroxylation is 1. The molecule has 0 fully saturated rings. The van der Waals surface area contributed by atoms with Crippen molar-refractivity contribution in [3.63, 3.8) is 0 Å². The van der Waals surface area contributed by atoms with Gasteiger partial charge >= 0.3 is 0 Å². The van der Waals surface area contributed by atoms with Crippen LogP contribution in [-0.4, -0.2) is 17.4 Å². The van der Waals surface area contributed by atoms with E-state index in [2.05, 4.69) is 16.4 Å². The van der Waals surface area contributed by atoms with E-state index in [0.717, 1.165) is 10.7 Å². The average Bonchev–Trinajstić information content (AvgIpc) is 2.78. The molecule has 0 aromatic carbocycles. The van der Waals surface area contributed by atoms with Crippen molar-refractivity contribution in [1.82, 2.24) is 10.3 Å². The number of hydrogen-bond donors (Lipinski definition) is 1. The summed E-state index contributed by atoms with van der Waals surface area (Å²) >= 11 is 1.61. The summed E-state index contributed by atoms with van der Waals surface area (Å²) in [6.45, 7) is 6.24. The Bertz CT molecular complexity index is 443. The summed E-state index contributed by atoms with van der Waals surface area (Å²) in [5, 5.41) is 15.0. The van der Waals surface area contributed by atoms with Gasteiger partial charge in [-0.15, -0.1) is 11.3 Å². The number of carbonyl (C=O) groups is 1. The molecule has 0 saturated carbocycles. The molecule has 1 aromatic rings. The first-order valence-corrected chi connectivity index (χ1v) is 7.06. The Morgan fingerprint density at radius 1 is 1.56 bits per heavy atom. The van der Waals surface area contributed by atoms with Crippen molar-refractivity contribution in [2.75, 3.05) is 6.54 Å². The van der Waals surface area contributed by atoms with E-state index in [4.69, 9.17) is 5.26 Å². The molecule has 0 aliphatic rings. The molecule has 1 rings (SSSR count). The molecule has 1 heterocycles. The van der Waals surface area contributed by atoms with Gasteiger partial charge in [0.1, 0.15) is 5.41 Å². The second-order valence-electron chi connectivity index (χ2n) is 4.26. The summed E-state index contributed by atoms with van der Waals surface area (Å²) < 4.78 is 0. The third-order valence-corrected chi connectivity index (χ3v) is 4.01. The predicted molar refractivity (Wildman–Crippen MR) is 72.2 cm³/mol. The molecule has 98 valence electrons. The van der Waals surface area contributed by atoms with Crippen LogP contribution in [0, 0.1) is 23.7 Å². The highest BCUT2D eigenvalue weighted by Gasteiger charge is 2.34. The van der Waals surface area contributed by atoms with Crippen LogP contribution < -0.4 is 5.32 Å². The molecule has 5 heteroatoms. The molecule has 1 amide bonds. The van der Waals surface area contributed by atoms with Gasteiger partial charge in [-0.25, -0.2) is 4.98 Å². The van der Waals surface area contributed by atoms with Gasteiger partial charge in [-0.05, 0) is 19.8 Å². The first-order chi connectivity index (χ1) is 8.57. The Hall–Kier alpha value is -1.41. The van der Waals surface area contributed by atoms with Crippen molar-refractivity contribution in [2.45, 2.75) is 40.0 Å². The molecule has 0 atom stereocenters. The molecule has 0 spiro atoms. The summed E-state index contributed by atoms with van der Waals surface area (Å²) in [5.41, 5.74) is 0.117. The number of amides is 1. The van der Waals surface area contributed by atoms with E-state index in [-0.39, 0.29) is 5.91 Å². The maximum atomic E-state index is 12.0. The van der Waals surface area contributed by atoms with E-state index in [9.17, 15) is 4.79 Å². The molecule has 4 nitrogen and oxygen atoms in total. The first kappa shape index (κ1) is 14.7. The molecule has 0 radical (unpaired) electrons. The van der Waals surface area contributed by atoms with Crippen molar-refractivity contribution >= 4 is 17.2 Å². The zero-order chi connectivity index (χ0) is 13.6. The van der Waals surface area contributed by atoms with E-state index in [1.54, 1.807) is 11.3 Å². The van der Waals surface area contributed by atoms with Crippen molar-refractivity contribution in [1.29, 1.82) is 5.26 Å². The van der Waals surface area contributed by atoms with E-state index < -0.39 is 5.41 Å². The Morgan fingerprint density at radius 2 is 2.22 bits per heavy atom. The van der Waals surface area contributed by atoms with Gasteiger partial charge in [0, 0.05) is 18.3 Å². The fourth-order valence-electron chi connectivity index (χ4n) is 1.78. The zero-order valence-electron chi connectivity index (χ0n) is 11.1. The maximum Gasteiger partial charge on any atom is 0.240 e. The molecule has 1 N–H and O–H groups in total. The fraction of sp³-hybridized carbons (Fsp3) is 0.615. The van der Waals surface area contributed by atoms with Crippen LogP contribution >= 0.6 is 11.3 Å². The van der Waals surface area contributed by atoms with Gasteiger partial charge < -0.3 is 5.32 Å². The van der Waals surface area contributed by atoms with E-state index in [1.165, 1.54) is 0 Å². The quantitative estimate of drug-likeness (QED) is 0.859. The van der Waals surface area contributed by atoms with Gasteiger partial charge in [-0.1, -0.05) is 13.8 Å². The van der Waals surface area contributed by atoms with Gasteiger partial charge in [0.25, 0.3) is 0 Å². The number of hydrogen-bond acceptors (Lipinski definition) is 4. The Balaban J connectivity index is 2.48. The molecule has 0 unspecified atom stereocenters. The normalized spacial score (nSPS) is 11.0. The summed E-state index contributed by atoms with van der Waals surface area (Å²) in [4.78, 5) is 16.3. The van der Waals surface area contributed by atoms with Crippen LogP contribution in [0.1, 0.15) is 37.4 Å². The van der Waals surface area contributed by atoms with Gasteiger partial charge in [-0.3, -0.25) is 4.79 Å². The van der Waals surface area contributed by atoms with Crippen molar-refractivity contribution in [3.8, 4) is 6.07 Å². The van der Waals surface area contributed by atoms with Crippen LogP contribution in [0.15, 0.2) is 5.38 Å². The number of nitrogens with one attached hydrogen (secondary N) is 1. The topological polar surface area (TPSA) is 65.8 Å². The van der Waals surface area contributed by atoms with E-state index in [0.29, 0.717) is 25.8 Å². The lowest BCUT2D eigenvalue weighted by atomic mass is 9.83. The minimum absolute atomic E-state index is 0.165. The lowest BCUT2D eigenvalue weighted by Crippen LogP contribution is -2.40. The molecule has 18 heavy (non-hydrogen) atoms. The minimum atomic E-state index is -0.877. The van der Waals surface area contributed by atoms with Crippen LogP contribution in [0.25, 0.3) is 0 Å². The molecular formula is C13H19N3OS. The molecular weight excluding hydrogens is 246 g/mol. The van der Waals surface area contributed by atoms with Crippen molar-refractivity contribution < 1.29 is 4.79 Å². The van der Waals surface area contributed by atoms with Gasteiger partial charge in [0.2, 0.25) is 5.91 Å². The van der Waals surface area contributed by atoms with Crippen LogP contribution in [0.5, 0.6) is 0 Å². The fourth-order valence-corrected chi connectivity index (χ4v) is 2.42. The number of nitriles is 1. The number of aromatic nitrogens is 1. The molecule has 1 aromatic heterocycles. The molecule has 0 saturated heterocycles. The van der Waals surface area contributed by atoms with Gasteiger partial charge in [0.05, 0.1) is 16.8 Å². The summed E-state index contributed by atoms with van der Waals surface area (Å²) in [7, 11) is 0. The minimum Gasteiger partial charge on any atom is -0.354 e. The second-order valence-corrected chi connectivity index (χ2v) is 5.33. The number of thiazole rings is 1. The largest absolute Gasteiger partial charge is 0.354 e. The zero-order valence-corrected chi connectivity index (χ0v) is 11.9. The third-order valence-electron chi connectivity index (χ3n) is 3.19. The average molecular weight is 265 g/mol. The highest BCUT2D eigenvalue weighted by Crippen LogP contribution is 2.25. The predicted octanol–water partition coefficient (Wildman–Crippen LogP) is 2.44. The summed E-state index contributed by atoms with van der Waals surface area (Å²) in [6.07, 6.45) is 1.80. The van der Waals surface area contributed by atoms with Crippen molar-refractivity contribution in [2.24, 2.45) is 5.41 Å². The highest BCUT2D eigenvalue weighted by atomic mass is 32.1.